The van der Waals surface area contributed by atoms with Crippen molar-refractivity contribution in [3.05, 3.63) is 65.2 Å². The summed E-state index contributed by atoms with van der Waals surface area (Å²) in [5.41, 5.74) is 2.28. The van der Waals surface area contributed by atoms with E-state index in [2.05, 4.69) is 52.4 Å². The minimum Gasteiger partial charge on any atom is -0.348 e. The van der Waals surface area contributed by atoms with Crippen LogP contribution in [0.4, 0.5) is 0 Å². The van der Waals surface area contributed by atoms with E-state index in [0.717, 1.165) is 51.1 Å². The van der Waals surface area contributed by atoms with Crippen molar-refractivity contribution < 1.29 is 4.79 Å². The van der Waals surface area contributed by atoms with Crippen molar-refractivity contribution in [1.82, 2.24) is 20.1 Å². The monoisotopic (exact) mass is 422 g/mol. The van der Waals surface area contributed by atoms with E-state index in [1.54, 1.807) is 11.3 Å². The number of carbonyl (C=O) groups excluding carboxylic acids is 1. The molecule has 5 nitrogen and oxygen atoms in total. The van der Waals surface area contributed by atoms with Gasteiger partial charge in [0.05, 0.1) is 29.3 Å². The number of carbonyl (C=O) groups is 1. The second-order valence-electron chi connectivity index (χ2n) is 7.95. The Balaban J connectivity index is 1.25. The molecular weight excluding hydrogens is 392 g/mol. The van der Waals surface area contributed by atoms with Crippen molar-refractivity contribution in [3.8, 4) is 0 Å². The van der Waals surface area contributed by atoms with E-state index in [1.165, 1.54) is 15.3 Å². The summed E-state index contributed by atoms with van der Waals surface area (Å²) in [4.78, 5) is 22.1. The normalized spacial score (nSPS) is 16.6. The van der Waals surface area contributed by atoms with Crippen LogP contribution in [0.1, 0.15) is 36.4 Å². The van der Waals surface area contributed by atoms with Gasteiger partial charge < -0.3 is 5.32 Å². The Bertz CT molecular complexity index is 917. The number of rotatable bonds is 8. The van der Waals surface area contributed by atoms with E-state index in [0.29, 0.717) is 6.54 Å². The molecule has 0 unspecified atom stereocenters. The molecule has 4 rings (SSSR count). The molecule has 2 heterocycles. The van der Waals surface area contributed by atoms with Gasteiger partial charge in [-0.05, 0) is 24.1 Å². The van der Waals surface area contributed by atoms with Gasteiger partial charge in [-0.2, -0.15) is 0 Å². The molecule has 0 spiro atoms. The molecule has 1 aromatic heterocycles. The molecule has 1 aliphatic heterocycles. The SMILES string of the molecule is CCC[C@H](NC(=O)CN1CCN(Cc2nc3ccccc3s2)CC1)c1ccccc1. The molecule has 1 atom stereocenters. The first kappa shape index (κ1) is 21.0. The minimum absolute atomic E-state index is 0.101. The lowest BCUT2D eigenvalue weighted by Crippen LogP contribution is -2.49. The number of piperazine rings is 1. The highest BCUT2D eigenvalue weighted by atomic mass is 32.1. The van der Waals surface area contributed by atoms with Crippen LogP contribution < -0.4 is 5.32 Å². The zero-order valence-corrected chi connectivity index (χ0v) is 18.4. The number of amides is 1. The highest BCUT2D eigenvalue weighted by molar-refractivity contribution is 7.18. The fourth-order valence-corrected chi connectivity index (χ4v) is 5.03. The van der Waals surface area contributed by atoms with Gasteiger partial charge in [0.15, 0.2) is 0 Å². The summed E-state index contributed by atoms with van der Waals surface area (Å²) in [6, 6.07) is 18.7. The lowest BCUT2D eigenvalue weighted by atomic mass is 10.0. The maximum Gasteiger partial charge on any atom is 0.234 e. The van der Waals surface area contributed by atoms with Crippen LogP contribution in [0.3, 0.4) is 0 Å². The molecule has 1 aliphatic rings. The first-order valence-electron chi connectivity index (χ1n) is 10.8. The number of benzene rings is 2. The van der Waals surface area contributed by atoms with Crippen molar-refractivity contribution in [2.45, 2.75) is 32.4 Å². The van der Waals surface area contributed by atoms with Crippen LogP contribution in [0.5, 0.6) is 0 Å². The maximum absolute atomic E-state index is 12.7. The number of nitrogens with zero attached hydrogens (tertiary/aromatic N) is 3. The van der Waals surface area contributed by atoms with Gasteiger partial charge in [-0.3, -0.25) is 14.6 Å². The van der Waals surface area contributed by atoms with Crippen molar-refractivity contribution >= 4 is 27.5 Å². The third-order valence-electron chi connectivity index (χ3n) is 5.64. The summed E-state index contributed by atoms with van der Waals surface area (Å²) in [6.07, 6.45) is 2.01. The zero-order valence-electron chi connectivity index (χ0n) is 17.6. The summed E-state index contributed by atoms with van der Waals surface area (Å²) in [5, 5.41) is 4.42. The molecule has 3 aromatic rings. The molecule has 6 heteroatoms. The molecule has 2 aromatic carbocycles. The fourth-order valence-electron chi connectivity index (χ4n) is 4.02. The Morgan fingerprint density at radius 2 is 1.73 bits per heavy atom. The second kappa shape index (κ2) is 10.2. The number of nitrogens with one attached hydrogen (secondary N) is 1. The van der Waals surface area contributed by atoms with Gasteiger partial charge in [0.25, 0.3) is 0 Å². The van der Waals surface area contributed by atoms with Gasteiger partial charge in [0.2, 0.25) is 5.91 Å². The lowest BCUT2D eigenvalue weighted by molar-refractivity contribution is -0.123. The predicted molar refractivity (Wildman–Crippen MR) is 124 cm³/mol. The molecular formula is C24H30N4OS. The van der Waals surface area contributed by atoms with Gasteiger partial charge in [-0.15, -0.1) is 11.3 Å². The van der Waals surface area contributed by atoms with Crippen LogP contribution in [0, 0.1) is 0 Å². The smallest absolute Gasteiger partial charge is 0.234 e. The number of aromatic nitrogens is 1. The first-order chi connectivity index (χ1) is 14.7. The van der Waals surface area contributed by atoms with Crippen molar-refractivity contribution in [3.63, 3.8) is 0 Å². The number of fused-ring (bicyclic) bond motifs is 1. The summed E-state index contributed by atoms with van der Waals surface area (Å²) >= 11 is 1.78. The topological polar surface area (TPSA) is 48.5 Å². The van der Waals surface area contributed by atoms with Crippen LogP contribution in [-0.4, -0.2) is 53.4 Å². The Hall–Kier alpha value is -2.28. The highest BCUT2D eigenvalue weighted by Gasteiger charge is 2.21. The summed E-state index contributed by atoms with van der Waals surface area (Å²) in [6.45, 7) is 7.31. The summed E-state index contributed by atoms with van der Waals surface area (Å²) in [5.74, 6) is 0.122. The van der Waals surface area contributed by atoms with Crippen molar-refractivity contribution in [2.24, 2.45) is 0 Å². The van der Waals surface area contributed by atoms with Crippen molar-refractivity contribution in [2.75, 3.05) is 32.7 Å². The molecule has 158 valence electrons. The third-order valence-corrected chi connectivity index (χ3v) is 6.66. The Labute approximate surface area is 182 Å². The van der Waals surface area contributed by atoms with E-state index in [9.17, 15) is 4.79 Å². The summed E-state index contributed by atoms with van der Waals surface area (Å²) < 4.78 is 1.25. The molecule has 1 amide bonds. The summed E-state index contributed by atoms with van der Waals surface area (Å²) in [7, 11) is 0. The van der Waals surface area contributed by atoms with Crippen LogP contribution in [0.25, 0.3) is 10.2 Å². The van der Waals surface area contributed by atoms with Crippen LogP contribution >= 0.6 is 11.3 Å². The first-order valence-corrected chi connectivity index (χ1v) is 11.7. The van der Waals surface area contributed by atoms with Gasteiger partial charge in [-0.25, -0.2) is 4.98 Å². The minimum atomic E-state index is 0.101. The quantitative estimate of drug-likeness (QED) is 0.594. The molecule has 0 radical (unpaired) electrons. The largest absolute Gasteiger partial charge is 0.348 e. The molecule has 1 fully saturated rings. The number of hydrogen-bond donors (Lipinski definition) is 1. The molecule has 0 aliphatic carbocycles. The molecule has 1 saturated heterocycles. The standard InChI is InChI=1S/C24H30N4OS/c1-2-8-20(19-9-4-3-5-10-19)25-23(29)17-27-13-15-28(16-14-27)18-24-26-21-11-6-7-12-22(21)30-24/h3-7,9-12,20H,2,8,13-18H2,1H3,(H,25,29)/t20-/m0/s1. The maximum atomic E-state index is 12.7. The molecule has 30 heavy (non-hydrogen) atoms. The lowest BCUT2D eigenvalue weighted by Gasteiger charge is -2.34. The van der Waals surface area contributed by atoms with Gasteiger partial charge in [0, 0.05) is 26.2 Å². The van der Waals surface area contributed by atoms with Gasteiger partial charge in [0.1, 0.15) is 5.01 Å². The van der Waals surface area contributed by atoms with Crippen LogP contribution in [0.15, 0.2) is 54.6 Å². The molecule has 0 bridgehead atoms. The Morgan fingerprint density at radius 3 is 2.47 bits per heavy atom. The van der Waals surface area contributed by atoms with E-state index < -0.39 is 0 Å². The number of hydrogen-bond acceptors (Lipinski definition) is 5. The Kier molecular flexibility index (Phi) is 7.10. The van der Waals surface area contributed by atoms with E-state index in [1.807, 2.05) is 24.3 Å². The number of thiazole rings is 1. The van der Waals surface area contributed by atoms with Crippen LogP contribution in [0.2, 0.25) is 0 Å². The predicted octanol–water partition coefficient (Wildman–Crippen LogP) is 4.07. The fraction of sp³-hybridized carbons (Fsp3) is 0.417. The van der Waals surface area contributed by atoms with E-state index >= 15 is 0 Å². The average molecular weight is 423 g/mol. The Morgan fingerprint density at radius 1 is 1.03 bits per heavy atom. The van der Waals surface area contributed by atoms with E-state index in [4.69, 9.17) is 4.98 Å². The highest BCUT2D eigenvalue weighted by Crippen LogP contribution is 2.23. The average Bonchev–Trinajstić information content (AvgIpc) is 3.18. The van der Waals surface area contributed by atoms with Gasteiger partial charge >= 0.3 is 0 Å². The van der Waals surface area contributed by atoms with Crippen LogP contribution in [-0.2, 0) is 11.3 Å². The van der Waals surface area contributed by atoms with E-state index in [-0.39, 0.29) is 11.9 Å². The third kappa shape index (κ3) is 5.45. The zero-order chi connectivity index (χ0) is 20.8. The molecule has 0 saturated carbocycles. The molecule has 1 N–H and O–H groups in total. The van der Waals surface area contributed by atoms with Gasteiger partial charge in [-0.1, -0.05) is 55.8 Å². The second-order valence-corrected chi connectivity index (χ2v) is 9.06. The number of para-hydroxylation sites is 1. The van der Waals surface area contributed by atoms with Crippen molar-refractivity contribution in [1.29, 1.82) is 0 Å².